The fraction of sp³-hybridized carbons (Fsp3) is 0.812. The van der Waals surface area contributed by atoms with Gasteiger partial charge in [-0.3, -0.25) is 4.99 Å². The molecule has 35 heavy (non-hydrogen) atoms. The Labute approximate surface area is 245 Å². The predicted octanol–water partition coefficient (Wildman–Crippen LogP) is 5.38. The second-order valence-electron chi connectivity index (χ2n) is 4.99. The van der Waals surface area contributed by atoms with Crippen LogP contribution in [0.3, 0.4) is 0 Å². The highest BCUT2D eigenvalue weighted by molar-refractivity contribution is 8.26. The molecular weight excluding hydrogens is 635 g/mol. The normalized spacial score (nSPS) is 11.4. The van der Waals surface area contributed by atoms with E-state index >= 15 is 0 Å². The van der Waals surface area contributed by atoms with Crippen LogP contribution in [0, 0.1) is 0 Å². The Kier molecular flexibility index (Phi) is 34.4. The van der Waals surface area contributed by atoms with Crippen LogP contribution in [-0.4, -0.2) is 97.1 Å². The van der Waals surface area contributed by atoms with Gasteiger partial charge in [0.05, 0.1) is 17.7 Å². The maximum Gasteiger partial charge on any atom is 0.408 e. The van der Waals surface area contributed by atoms with Crippen LogP contribution in [0.5, 0.6) is 0 Å². The second-order valence-corrected chi connectivity index (χ2v) is 15.8. The maximum atomic E-state index is 11.6. The number of alkyl carbamates (subject to hydrolysis) is 1. The number of rotatable bonds is 27. The summed E-state index contributed by atoms with van der Waals surface area (Å²) >= 11 is 15.0. The van der Waals surface area contributed by atoms with Crippen molar-refractivity contribution in [3.05, 3.63) is 0 Å². The van der Waals surface area contributed by atoms with E-state index in [1.54, 1.807) is 77.6 Å². The number of nitrogens with one attached hydrogen (secondary N) is 1. The number of aliphatic hydroxyl groups excluding tert-OH is 1. The largest absolute Gasteiger partial charge is 0.438 e. The van der Waals surface area contributed by atoms with Gasteiger partial charge >= 0.3 is 6.09 Å². The lowest BCUT2D eigenvalue weighted by molar-refractivity contribution is -0.196. The SMILES string of the molecule is CN=COOCSCSCSCSCOC(=O)NCSCSCSCSCN=COOCSCO. The van der Waals surface area contributed by atoms with Gasteiger partial charge in [0.15, 0.2) is 0 Å². The second kappa shape index (κ2) is 33.3. The molecule has 0 heterocycles. The first-order valence-electron chi connectivity index (χ1n) is 9.47. The molecule has 0 radical (unpaired) electrons. The van der Waals surface area contributed by atoms with E-state index in [1.807, 2.05) is 23.5 Å². The molecule has 19 heteroatoms. The van der Waals surface area contributed by atoms with Gasteiger partial charge < -0.3 is 24.9 Å². The number of carbonyl (C=O) groups is 1. The molecule has 0 aliphatic carbocycles. The van der Waals surface area contributed by atoms with Gasteiger partial charge in [-0.2, -0.15) is 9.78 Å². The average molecular weight is 666 g/mol. The van der Waals surface area contributed by atoms with E-state index in [0.29, 0.717) is 23.6 Å². The van der Waals surface area contributed by atoms with Crippen LogP contribution in [0.2, 0.25) is 0 Å². The zero-order chi connectivity index (χ0) is 25.5. The van der Waals surface area contributed by atoms with E-state index in [-0.39, 0.29) is 18.0 Å². The Hall–Kier alpha value is 1.24. The molecule has 2 N–H and O–H groups in total. The molecule has 0 aromatic heterocycles. The van der Waals surface area contributed by atoms with Gasteiger partial charge in [-0.1, -0.05) is 0 Å². The average Bonchev–Trinajstić information content (AvgIpc) is 2.86. The van der Waals surface area contributed by atoms with Gasteiger partial charge in [-0.05, 0) is 0 Å². The highest BCUT2D eigenvalue weighted by Gasteiger charge is 2.01. The molecule has 10 nitrogen and oxygen atoms in total. The molecule has 0 aliphatic rings. The van der Waals surface area contributed by atoms with Gasteiger partial charge in [-0.15, -0.1) is 106 Å². The number of aliphatic hydroxyl groups is 1. The molecule has 0 spiro atoms. The molecule has 0 saturated carbocycles. The van der Waals surface area contributed by atoms with E-state index in [9.17, 15) is 4.79 Å². The molecule has 0 rings (SSSR count). The van der Waals surface area contributed by atoms with E-state index in [4.69, 9.17) is 24.5 Å². The molecule has 1 amide bonds. The zero-order valence-corrected chi connectivity index (χ0v) is 26.5. The van der Waals surface area contributed by atoms with Gasteiger partial charge in [0, 0.05) is 37.6 Å². The van der Waals surface area contributed by atoms with E-state index in [1.165, 1.54) is 24.6 Å². The summed E-state index contributed by atoms with van der Waals surface area (Å²) in [7, 11) is 1.61. The molecule has 0 aliphatic heterocycles. The van der Waals surface area contributed by atoms with E-state index < -0.39 is 0 Å². The summed E-state index contributed by atoms with van der Waals surface area (Å²) in [4.78, 5) is 38.2. The molecular formula is C16H31N3O7S9. The predicted molar refractivity (Wildman–Crippen MR) is 166 cm³/mol. The van der Waals surface area contributed by atoms with Crippen LogP contribution >= 0.6 is 106 Å². The third-order valence-corrected chi connectivity index (χ3v) is 12.2. The molecule has 0 fully saturated rings. The lowest BCUT2D eigenvalue weighted by Crippen LogP contribution is -2.23. The number of amides is 1. The summed E-state index contributed by atoms with van der Waals surface area (Å²) in [5.41, 5.74) is 0. The number of aliphatic imine (C=N–C) groups is 2. The molecule has 0 aromatic carbocycles. The minimum atomic E-state index is -0.381. The minimum absolute atomic E-state index is 0.00233. The fourth-order valence-corrected chi connectivity index (χ4v) is 9.71. The Balaban J connectivity index is 3.19. The topological polar surface area (TPSA) is 120 Å². The van der Waals surface area contributed by atoms with Crippen molar-refractivity contribution in [3.63, 3.8) is 0 Å². The Morgan fingerprint density at radius 1 is 0.771 bits per heavy atom. The third-order valence-electron chi connectivity index (χ3n) is 2.51. The summed E-state index contributed by atoms with van der Waals surface area (Å²) in [5.74, 6) is 2.21. The highest BCUT2D eigenvalue weighted by atomic mass is 32.3. The number of thioether (sulfide) groups is 9. The first kappa shape index (κ1) is 36.2. The lowest BCUT2D eigenvalue weighted by atomic mass is 11.1. The maximum absolute atomic E-state index is 11.6. The zero-order valence-electron chi connectivity index (χ0n) is 19.1. The van der Waals surface area contributed by atoms with Crippen LogP contribution in [0.15, 0.2) is 9.98 Å². The van der Waals surface area contributed by atoms with Crippen molar-refractivity contribution in [2.45, 2.75) is 0 Å². The number of ether oxygens (including phenoxy) is 1. The fourth-order valence-electron chi connectivity index (χ4n) is 1.27. The van der Waals surface area contributed by atoms with Crippen molar-refractivity contribution < 1.29 is 34.2 Å². The monoisotopic (exact) mass is 665 g/mol. The van der Waals surface area contributed by atoms with Crippen LogP contribution in [0.4, 0.5) is 4.79 Å². The first-order chi connectivity index (χ1) is 17.3. The van der Waals surface area contributed by atoms with Crippen LogP contribution < -0.4 is 5.32 Å². The Bertz CT molecular complexity index is 517. The van der Waals surface area contributed by atoms with Crippen LogP contribution in [-0.2, 0) is 24.3 Å². The van der Waals surface area contributed by atoms with E-state index in [0.717, 1.165) is 30.5 Å². The number of hydrogen-bond acceptors (Lipinski definition) is 18. The van der Waals surface area contributed by atoms with Gasteiger partial charge in [0.2, 0.25) is 12.8 Å². The van der Waals surface area contributed by atoms with Gasteiger partial charge in [0.25, 0.3) is 0 Å². The van der Waals surface area contributed by atoms with Crippen LogP contribution in [0.1, 0.15) is 0 Å². The van der Waals surface area contributed by atoms with Crippen molar-refractivity contribution in [3.8, 4) is 0 Å². The summed E-state index contributed by atoms with van der Waals surface area (Å²) in [6.07, 6.45) is 2.13. The van der Waals surface area contributed by atoms with E-state index in [2.05, 4.69) is 20.2 Å². The standard InChI is InChI=1S/C16H31N3O7S9/c1-17-2-23-26-9-31-13-35-15-34-12-30-7-22-16(21)19-5-28-11-33-14-32-10-27-4-18-3-24-25-8-29-6-20/h2-3,20H,4-15H2,1H3,(H,19,21). The summed E-state index contributed by atoms with van der Waals surface area (Å²) in [6, 6.07) is 0. The molecule has 0 unspecified atom stereocenters. The third kappa shape index (κ3) is 33.2. The molecule has 0 aromatic rings. The molecule has 0 saturated heterocycles. The summed E-state index contributed by atoms with van der Waals surface area (Å²) in [6.45, 7) is 0. The van der Waals surface area contributed by atoms with Crippen LogP contribution in [0.25, 0.3) is 0 Å². The van der Waals surface area contributed by atoms with Crippen molar-refractivity contribution in [1.29, 1.82) is 0 Å². The summed E-state index contributed by atoms with van der Waals surface area (Å²) < 4.78 is 5.14. The lowest BCUT2D eigenvalue weighted by Gasteiger charge is -2.07. The smallest absolute Gasteiger partial charge is 0.408 e. The molecule has 0 bridgehead atoms. The first-order valence-corrected chi connectivity index (χ1v) is 19.9. The number of carbonyl (C=O) groups excluding carboxylic acids is 1. The number of hydrogen-bond donors (Lipinski definition) is 2. The van der Waals surface area contributed by atoms with Gasteiger partial charge in [-0.25, -0.2) is 9.79 Å². The molecule has 206 valence electrons. The van der Waals surface area contributed by atoms with Crippen molar-refractivity contribution >= 4 is 125 Å². The van der Waals surface area contributed by atoms with Crippen molar-refractivity contribution in [1.82, 2.24) is 5.32 Å². The summed E-state index contributed by atoms with van der Waals surface area (Å²) in [5, 5.41) is 16.9. The Morgan fingerprint density at radius 3 is 2.03 bits per heavy atom. The quantitative estimate of drug-likeness (QED) is 0.0292. The van der Waals surface area contributed by atoms with Gasteiger partial charge in [0.1, 0.15) is 17.8 Å². The van der Waals surface area contributed by atoms with Crippen molar-refractivity contribution in [2.75, 3.05) is 73.1 Å². The highest BCUT2D eigenvalue weighted by Crippen LogP contribution is 2.22. The molecule has 0 atom stereocenters. The van der Waals surface area contributed by atoms with Crippen molar-refractivity contribution in [2.24, 2.45) is 9.98 Å². The number of nitrogens with zero attached hydrogens (tertiary/aromatic N) is 2. The Morgan fingerprint density at radius 2 is 1.34 bits per heavy atom. The minimum Gasteiger partial charge on any atom is -0.438 e.